The van der Waals surface area contributed by atoms with Gasteiger partial charge in [0.05, 0.1) is 12.2 Å². The molecule has 0 fully saturated rings. The van der Waals surface area contributed by atoms with E-state index in [2.05, 4.69) is 0 Å². The van der Waals surface area contributed by atoms with E-state index in [1.165, 1.54) is 0 Å². The maximum atomic E-state index is 8.77. The van der Waals surface area contributed by atoms with Crippen LogP contribution in [0.25, 0.3) is 0 Å². The lowest BCUT2D eigenvalue weighted by atomic mass is 10.2. The fraction of sp³-hybridized carbons (Fsp3) is 0.300. The monoisotopic (exact) mass is 210 g/mol. The summed E-state index contributed by atoms with van der Waals surface area (Å²) in [5.74, 6) is 0.522. The number of nitriles is 1. The molecule has 0 saturated carbocycles. The van der Waals surface area contributed by atoms with Crippen molar-refractivity contribution in [2.45, 2.75) is 6.42 Å². The zero-order valence-corrected chi connectivity index (χ0v) is 8.42. The van der Waals surface area contributed by atoms with Gasteiger partial charge < -0.3 is 10.5 Å². The number of halogens is 1. The van der Waals surface area contributed by atoms with E-state index in [1.807, 2.05) is 6.07 Å². The van der Waals surface area contributed by atoms with Crippen LogP contribution < -0.4 is 10.5 Å². The first-order chi connectivity index (χ1) is 6.77. The number of ether oxygens (including phenoxy) is 1. The molecule has 14 heavy (non-hydrogen) atoms. The number of benzene rings is 1. The molecule has 4 heteroatoms. The Bertz CT molecular complexity index is 346. The summed E-state index contributed by atoms with van der Waals surface area (Å²) in [6, 6.07) is 6.97. The van der Waals surface area contributed by atoms with Gasteiger partial charge in [-0.2, -0.15) is 5.26 Å². The molecule has 0 saturated heterocycles. The van der Waals surface area contributed by atoms with Crippen LogP contribution in [0.3, 0.4) is 0 Å². The van der Waals surface area contributed by atoms with E-state index >= 15 is 0 Å². The Morgan fingerprint density at radius 3 is 2.93 bits per heavy atom. The highest BCUT2D eigenvalue weighted by molar-refractivity contribution is 6.30. The highest BCUT2D eigenvalue weighted by Crippen LogP contribution is 2.22. The third-order valence-corrected chi connectivity index (χ3v) is 1.91. The first-order valence-corrected chi connectivity index (χ1v) is 4.68. The standard InChI is InChI=1S/C10H11ClN2O/c11-9-3-2-8(7-13)10(6-9)14-5-1-4-12/h2-3,6H,1,4-5,12H2. The van der Waals surface area contributed by atoms with Crippen molar-refractivity contribution in [3.05, 3.63) is 28.8 Å². The van der Waals surface area contributed by atoms with E-state index < -0.39 is 0 Å². The fourth-order valence-corrected chi connectivity index (χ4v) is 1.14. The maximum absolute atomic E-state index is 8.77. The summed E-state index contributed by atoms with van der Waals surface area (Å²) < 4.78 is 5.36. The van der Waals surface area contributed by atoms with Crippen LogP contribution in [0.5, 0.6) is 5.75 Å². The van der Waals surface area contributed by atoms with Gasteiger partial charge in [0, 0.05) is 11.1 Å². The second kappa shape index (κ2) is 5.48. The molecule has 74 valence electrons. The third-order valence-electron chi connectivity index (χ3n) is 1.67. The van der Waals surface area contributed by atoms with Gasteiger partial charge in [-0.05, 0) is 25.1 Å². The highest BCUT2D eigenvalue weighted by atomic mass is 35.5. The topological polar surface area (TPSA) is 59.0 Å². The van der Waals surface area contributed by atoms with E-state index in [9.17, 15) is 0 Å². The Hall–Kier alpha value is -1.24. The molecule has 1 aromatic rings. The van der Waals surface area contributed by atoms with E-state index in [1.54, 1.807) is 18.2 Å². The zero-order valence-electron chi connectivity index (χ0n) is 7.66. The van der Waals surface area contributed by atoms with Crippen LogP contribution in [0.1, 0.15) is 12.0 Å². The molecule has 1 aromatic carbocycles. The second-order valence-corrected chi connectivity index (χ2v) is 3.18. The van der Waals surface area contributed by atoms with Crippen molar-refractivity contribution in [2.24, 2.45) is 5.73 Å². The van der Waals surface area contributed by atoms with Crippen LogP contribution in [0.4, 0.5) is 0 Å². The van der Waals surface area contributed by atoms with Crippen molar-refractivity contribution < 1.29 is 4.74 Å². The van der Waals surface area contributed by atoms with Gasteiger partial charge in [-0.15, -0.1) is 0 Å². The Kier molecular flexibility index (Phi) is 4.24. The average Bonchev–Trinajstić information content (AvgIpc) is 2.19. The van der Waals surface area contributed by atoms with E-state index in [0.717, 1.165) is 6.42 Å². The summed E-state index contributed by atoms with van der Waals surface area (Å²) in [4.78, 5) is 0. The minimum Gasteiger partial charge on any atom is -0.492 e. The second-order valence-electron chi connectivity index (χ2n) is 2.74. The SMILES string of the molecule is N#Cc1ccc(Cl)cc1OCCCN. The van der Waals surface area contributed by atoms with Gasteiger partial charge in [-0.3, -0.25) is 0 Å². The van der Waals surface area contributed by atoms with Gasteiger partial charge >= 0.3 is 0 Å². The van der Waals surface area contributed by atoms with Gasteiger partial charge in [0.2, 0.25) is 0 Å². The van der Waals surface area contributed by atoms with E-state index in [4.69, 9.17) is 27.3 Å². The van der Waals surface area contributed by atoms with Crippen molar-refractivity contribution in [3.63, 3.8) is 0 Å². The molecule has 3 nitrogen and oxygen atoms in total. The maximum Gasteiger partial charge on any atom is 0.138 e. The van der Waals surface area contributed by atoms with Crippen LogP contribution in [0.15, 0.2) is 18.2 Å². The summed E-state index contributed by atoms with van der Waals surface area (Å²) >= 11 is 5.77. The molecule has 0 unspecified atom stereocenters. The minimum atomic E-state index is 0.492. The predicted molar refractivity (Wildman–Crippen MR) is 55.3 cm³/mol. The quantitative estimate of drug-likeness (QED) is 0.773. The largest absolute Gasteiger partial charge is 0.492 e. The predicted octanol–water partition coefficient (Wildman–Crippen LogP) is 1.94. The summed E-state index contributed by atoms with van der Waals surface area (Å²) in [6.45, 7) is 1.08. The number of nitrogens with zero attached hydrogens (tertiary/aromatic N) is 1. The van der Waals surface area contributed by atoms with Crippen molar-refractivity contribution in [1.82, 2.24) is 0 Å². The third kappa shape index (κ3) is 2.91. The number of rotatable bonds is 4. The molecule has 0 aliphatic rings. The molecule has 0 aliphatic heterocycles. The van der Waals surface area contributed by atoms with E-state index in [-0.39, 0.29) is 0 Å². The molecule has 0 aromatic heterocycles. The normalized spacial score (nSPS) is 9.50. The lowest BCUT2D eigenvalue weighted by Crippen LogP contribution is -2.06. The van der Waals surface area contributed by atoms with Crippen molar-refractivity contribution >= 4 is 11.6 Å². The van der Waals surface area contributed by atoms with Gasteiger partial charge in [0.15, 0.2) is 0 Å². The van der Waals surface area contributed by atoms with Gasteiger partial charge in [0.25, 0.3) is 0 Å². The summed E-state index contributed by atoms with van der Waals surface area (Å²) in [5, 5.41) is 9.33. The van der Waals surface area contributed by atoms with Gasteiger partial charge in [-0.25, -0.2) is 0 Å². The molecule has 1 rings (SSSR count). The first kappa shape index (κ1) is 10.8. The Balaban J connectivity index is 2.73. The molecular weight excluding hydrogens is 200 g/mol. The molecule has 2 N–H and O–H groups in total. The molecule has 0 spiro atoms. The number of hydrogen-bond acceptors (Lipinski definition) is 3. The molecule has 0 radical (unpaired) electrons. The lowest BCUT2D eigenvalue weighted by Gasteiger charge is -2.06. The number of hydrogen-bond donors (Lipinski definition) is 1. The van der Waals surface area contributed by atoms with Crippen LogP contribution >= 0.6 is 11.6 Å². The minimum absolute atomic E-state index is 0.492. The molecule has 0 atom stereocenters. The van der Waals surface area contributed by atoms with Gasteiger partial charge in [-0.1, -0.05) is 11.6 Å². The Morgan fingerprint density at radius 2 is 2.29 bits per heavy atom. The smallest absolute Gasteiger partial charge is 0.138 e. The van der Waals surface area contributed by atoms with Crippen molar-refractivity contribution in [1.29, 1.82) is 5.26 Å². The van der Waals surface area contributed by atoms with Crippen molar-refractivity contribution in [3.8, 4) is 11.8 Å². The van der Waals surface area contributed by atoms with Gasteiger partial charge in [0.1, 0.15) is 11.8 Å². The van der Waals surface area contributed by atoms with Crippen LogP contribution in [-0.4, -0.2) is 13.2 Å². The summed E-state index contributed by atoms with van der Waals surface area (Å²) in [6.07, 6.45) is 0.761. The fourth-order valence-electron chi connectivity index (χ4n) is 0.973. The molecule has 0 amide bonds. The molecule has 0 bridgehead atoms. The van der Waals surface area contributed by atoms with Crippen LogP contribution in [0.2, 0.25) is 5.02 Å². The van der Waals surface area contributed by atoms with E-state index in [0.29, 0.717) is 29.5 Å². The molecule has 0 aliphatic carbocycles. The summed E-state index contributed by atoms with van der Waals surface area (Å²) in [7, 11) is 0. The number of nitrogens with two attached hydrogens (primary N) is 1. The summed E-state index contributed by atoms with van der Waals surface area (Å²) in [5.41, 5.74) is 5.81. The lowest BCUT2D eigenvalue weighted by molar-refractivity contribution is 0.312. The Morgan fingerprint density at radius 1 is 1.50 bits per heavy atom. The van der Waals surface area contributed by atoms with Crippen LogP contribution in [-0.2, 0) is 0 Å². The zero-order chi connectivity index (χ0) is 10.4. The molecular formula is C10H11ClN2O. The molecule has 0 heterocycles. The van der Waals surface area contributed by atoms with Crippen LogP contribution in [0, 0.1) is 11.3 Å². The van der Waals surface area contributed by atoms with Crippen molar-refractivity contribution in [2.75, 3.05) is 13.2 Å². The first-order valence-electron chi connectivity index (χ1n) is 4.30. The average molecular weight is 211 g/mol. The highest BCUT2D eigenvalue weighted by Gasteiger charge is 2.03. The Labute approximate surface area is 88.0 Å².